The molecule has 8 aromatic rings. The van der Waals surface area contributed by atoms with Gasteiger partial charge in [-0.1, -0.05) is 141 Å². The Bertz CT molecular complexity index is 2510. The van der Waals surface area contributed by atoms with Crippen LogP contribution >= 0.6 is 0 Å². The Kier molecular flexibility index (Phi) is 8.29. The predicted octanol–water partition coefficient (Wildman–Crippen LogP) is 14.2. The van der Waals surface area contributed by atoms with Gasteiger partial charge in [0.15, 0.2) is 0 Å². The third kappa shape index (κ3) is 5.91. The van der Waals surface area contributed by atoms with Crippen LogP contribution in [0.4, 0.5) is 17.1 Å². The zero-order valence-corrected chi connectivity index (χ0v) is 29.6. The van der Waals surface area contributed by atoms with E-state index in [1.165, 1.54) is 39.0 Å². The summed E-state index contributed by atoms with van der Waals surface area (Å²) >= 11 is 0. The summed E-state index contributed by atoms with van der Waals surface area (Å²) in [5.74, 6) is 1.44. The highest BCUT2D eigenvalue weighted by molar-refractivity contribution is 6.06. The molecular weight excluding hydrogens is 631 g/mol. The van der Waals surface area contributed by atoms with E-state index in [1.54, 1.807) is 0 Å². The summed E-state index contributed by atoms with van der Waals surface area (Å²) in [7, 11) is 0. The predicted molar refractivity (Wildman–Crippen MR) is 219 cm³/mol. The number of para-hydroxylation sites is 1. The monoisotopic (exact) mass is 671 g/mol. The van der Waals surface area contributed by atoms with Crippen LogP contribution in [0.3, 0.4) is 0 Å². The van der Waals surface area contributed by atoms with Gasteiger partial charge >= 0.3 is 0 Å². The zero-order valence-electron chi connectivity index (χ0n) is 29.6. The number of hydrogen-bond acceptors (Lipinski definition) is 2. The Morgan fingerprint density at radius 1 is 0.462 bits per heavy atom. The van der Waals surface area contributed by atoms with Gasteiger partial charge in [-0.2, -0.15) is 0 Å². The minimum atomic E-state index is 0.429. The van der Waals surface area contributed by atoms with Crippen LogP contribution in [-0.2, 0) is 0 Å². The van der Waals surface area contributed by atoms with Crippen molar-refractivity contribution in [2.75, 3.05) is 4.90 Å². The summed E-state index contributed by atoms with van der Waals surface area (Å²) in [6.45, 7) is 4.81. The van der Waals surface area contributed by atoms with E-state index in [9.17, 15) is 0 Å². The van der Waals surface area contributed by atoms with Crippen LogP contribution in [-0.4, -0.2) is 0 Å². The summed E-state index contributed by atoms with van der Waals surface area (Å²) in [5, 5.41) is 2.25. The number of benzene rings is 7. The second kappa shape index (κ2) is 13.5. The van der Waals surface area contributed by atoms with Crippen molar-refractivity contribution in [1.82, 2.24) is 0 Å². The second-order valence-corrected chi connectivity index (χ2v) is 14.3. The molecule has 0 saturated heterocycles. The van der Waals surface area contributed by atoms with Gasteiger partial charge in [-0.15, -0.1) is 0 Å². The van der Waals surface area contributed by atoms with Crippen molar-refractivity contribution in [3.8, 4) is 22.3 Å². The van der Waals surface area contributed by atoms with E-state index in [4.69, 9.17) is 4.42 Å². The number of fused-ring (bicyclic) bond motifs is 3. The molecule has 1 aliphatic rings. The quantitative estimate of drug-likeness (QED) is 0.168. The summed E-state index contributed by atoms with van der Waals surface area (Å²) < 4.78 is 6.23. The normalized spacial score (nSPS) is 17.3. The molecule has 7 aromatic carbocycles. The number of furan rings is 1. The Morgan fingerprint density at radius 2 is 1.02 bits per heavy atom. The van der Waals surface area contributed by atoms with E-state index in [2.05, 4.69) is 189 Å². The Morgan fingerprint density at radius 3 is 1.73 bits per heavy atom. The van der Waals surface area contributed by atoms with Crippen molar-refractivity contribution in [3.63, 3.8) is 0 Å². The highest BCUT2D eigenvalue weighted by atomic mass is 16.3. The van der Waals surface area contributed by atoms with Crippen LogP contribution in [0.2, 0.25) is 0 Å². The molecule has 0 spiro atoms. The number of nitrogens with zero attached hydrogens (tertiary/aromatic N) is 1. The maximum Gasteiger partial charge on any atom is 0.135 e. The van der Waals surface area contributed by atoms with Crippen LogP contribution in [0.15, 0.2) is 186 Å². The van der Waals surface area contributed by atoms with Gasteiger partial charge in [0.2, 0.25) is 0 Å². The standard InChI is InChI=1S/C50H41NO/c1-34-20-30-45(38-14-7-4-8-15-38)35(2)50(34)39-23-27-43(28-24-39)51(44-29-31-49-47(33-44)46-18-9-10-19-48(46)52-49)42-25-21-37(22-26-42)41-17-11-16-40(32-41)36-12-5-3-6-13-36/h3-19,21-35,50H,20H2,1-2H3. The first-order valence-corrected chi connectivity index (χ1v) is 18.4. The molecule has 0 saturated carbocycles. The molecule has 1 heterocycles. The third-order valence-corrected chi connectivity index (χ3v) is 11.0. The maximum atomic E-state index is 6.23. The van der Waals surface area contributed by atoms with Gasteiger partial charge in [0, 0.05) is 27.8 Å². The van der Waals surface area contributed by atoms with Gasteiger partial charge in [-0.3, -0.25) is 0 Å². The van der Waals surface area contributed by atoms with Crippen molar-refractivity contribution in [3.05, 3.63) is 193 Å². The summed E-state index contributed by atoms with van der Waals surface area (Å²) in [6.07, 6.45) is 3.56. The molecule has 2 nitrogen and oxygen atoms in total. The molecule has 1 aromatic heterocycles. The molecule has 252 valence electrons. The van der Waals surface area contributed by atoms with Crippen molar-refractivity contribution in [2.45, 2.75) is 26.2 Å². The Balaban J connectivity index is 1.09. The molecule has 52 heavy (non-hydrogen) atoms. The van der Waals surface area contributed by atoms with Crippen LogP contribution in [0.5, 0.6) is 0 Å². The van der Waals surface area contributed by atoms with E-state index in [0.717, 1.165) is 45.4 Å². The summed E-state index contributed by atoms with van der Waals surface area (Å²) in [4.78, 5) is 2.37. The summed E-state index contributed by atoms with van der Waals surface area (Å²) in [5.41, 5.74) is 14.2. The van der Waals surface area contributed by atoms with Gasteiger partial charge in [0.05, 0.1) is 0 Å². The van der Waals surface area contributed by atoms with Crippen LogP contribution < -0.4 is 4.90 Å². The van der Waals surface area contributed by atoms with Gasteiger partial charge in [-0.05, 0) is 118 Å². The van der Waals surface area contributed by atoms with E-state index in [1.807, 2.05) is 12.1 Å². The molecule has 1 aliphatic carbocycles. The zero-order chi connectivity index (χ0) is 35.0. The van der Waals surface area contributed by atoms with Crippen molar-refractivity contribution in [1.29, 1.82) is 0 Å². The first-order chi connectivity index (χ1) is 25.6. The topological polar surface area (TPSA) is 16.4 Å². The smallest absolute Gasteiger partial charge is 0.135 e. The molecule has 0 bridgehead atoms. The molecule has 0 fully saturated rings. The second-order valence-electron chi connectivity index (χ2n) is 14.3. The lowest BCUT2D eigenvalue weighted by atomic mass is 9.69. The van der Waals surface area contributed by atoms with Crippen molar-refractivity contribution >= 4 is 44.6 Å². The average molecular weight is 672 g/mol. The lowest BCUT2D eigenvalue weighted by Crippen LogP contribution is -2.23. The lowest BCUT2D eigenvalue weighted by molar-refractivity contribution is 0.383. The van der Waals surface area contributed by atoms with Gasteiger partial charge in [0.1, 0.15) is 11.2 Å². The van der Waals surface area contributed by atoms with Gasteiger partial charge in [0.25, 0.3) is 0 Å². The van der Waals surface area contributed by atoms with Crippen molar-refractivity contribution in [2.24, 2.45) is 11.8 Å². The molecule has 3 unspecified atom stereocenters. The number of anilines is 3. The van der Waals surface area contributed by atoms with E-state index in [0.29, 0.717) is 17.8 Å². The molecule has 0 aliphatic heterocycles. The highest BCUT2D eigenvalue weighted by Crippen LogP contribution is 2.46. The highest BCUT2D eigenvalue weighted by Gasteiger charge is 2.31. The minimum Gasteiger partial charge on any atom is -0.456 e. The van der Waals surface area contributed by atoms with E-state index in [-0.39, 0.29) is 0 Å². The molecule has 0 radical (unpaired) electrons. The Labute approximate surface area is 306 Å². The van der Waals surface area contributed by atoms with E-state index >= 15 is 0 Å². The van der Waals surface area contributed by atoms with Crippen molar-refractivity contribution < 1.29 is 4.42 Å². The van der Waals surface area contributed by atoms with Gasteiger partial charge < -0.3 is 9.32 Å². The molecule has 3 atom stereocenters. The fourth-order valence-corrected chi connectivity index (χ4v) is 8.42. The molecule has 0 amide bonds. The first-order valence-electron chi connectivity index (χ1n) is 18.4. The Hall–Kier alpha value is -6.12. The maximum absolute atomic E-state index is 6.23. The lowest BCUT2D eigenvalue weighted by Gasteiger charge is -2.36. The molecule has 9 rings (SSSR count). The average Bonchev–Trinajstić information content (AvgIpc) is 3.58. The summed E-state index contributed by atoms with van der Waals surface area (Å²) in [6, 6.07) is 63.5. The SMILES string of the molecule is CC1CC=C(c2ccccc2)C(C)C1c1ccc(N(c2ccc(-c3cccc(-c4ccccc4)c3)cc2)c2ccc3oc4ccccc4c3c2)cc1. The fourth-order valence-electron chi connectivity index (χ4n) is 8.42. The third-order valence-electron chi connectivity index (χ3n) is 11.0. The largest absolute Gasteiger partial charge is 0.456 e. The van der Waals surface area contributed by atoms with Gasteiger partial charge in [-0.25, -0.2) is 0 Å². The van der Waals surface area contributed by atoms with Crippen LogP contribution in [0.1, 0.15) is 37.3 Å². The van der Waals surface area contributed by atoms with E-state index < -0.39 is 0 Å². The van der Waals surface area contributed by atoms with Crippen LogP contribution in [0.25, 0.3) is 49.8 Å². The molecular formula is C50H41NO. The molecule has 2 heteroatoms. The molecule has 0 N–H and O–H groups in total. The number of hydrogen-bond donors (Lipinski definition) is 0. The van der Waals surface area contributed by atoms with Crippen LogP contribution in [0, 0.1) is 11.8 Å². The first kappa shape index (κ1) is 31.8. The number of allylic oxidation sites excluding steroid dienone is 2. The fraction of sp³-hybridized carbons (Fsp3) is 0.120. The number of rotatable bonds is 7. The minimum absolute atomic E-state index is 0.429.